The van der Waals surface area contributed by atoms with Crippen LogP contribution in [0.3, 0.4) is 0 Å². The van der Waals surface area contributed by atoms with Gasteiger partial charge in [-0.1, -0.05) is 128 Å². The highest BCUT2D eigenvalue weighted by atomic mass is 16.4. The first-order valence-corrected chi connectivity index (χ1v) is 12.0. The Labute approximate surface area is 175 Å². The molecule has 0 aromatic rings. The minimum Gasteiger partial charge on any atom is -0.472 e. The maximum absolute atomic E-state index is 10.2. The van der Waals surface area contributed by atoms with Gasteiger partial charge in [-0.3, -0.25) is 0 Å². The highest BCUT2D eigenvalue weighted by Crippen LogP contribution is 2.14. The van der Waals surface area contributed by atoms with Crippen LogP contribution in [0.5, 0.6) is 0 Å². The van der Waals surface area contributed by atoms with Crippen LogP contribution in [0.4, 0.5) is 0 Å². The lowest BCUT2D eigenvalue weighted by molar-refractivity contribution is -0.130. The normalized spacial score (nSPS) is 10.0. The monoisotopic (exact) mass is 388 g/mol. The summed E-state index contributed by atoms with van der Waals surface area (Å²) in [5, 5.41) is 8.34. The molecule has 0 amide bonds. The summed E-state index contributed by atoms with van der Waals surface area (Å²) >= 11 is 0. The average molecular weight is 389 g/mol. The number of hydrogen-bond acceptors (Lipinski definition) is 1. The Balaban J connectivity index is 3.11. The molecule has 0 unspecified atom stereocenters. The van der Waals surface area contributed by atoms with Crippen molar-refractivity contribution >= 4 is 5.97 Å². The minimum atomic E-state index is -1.11. The molecule has 0 bridgehead atoms. The molecule has 2 nitrogen and oxygen atoms in total. The van der Waals surface area contributed by atoms with E-state index in [9.17, 15) is 4.79 Å². The molecule has 0 aromatic heterocycles. The molecule has 0 spiro atoms. The Bertz CT molecular complexity index is 458. The van der Waals surface area contributed by atoms with Gasteiger partial charge in [0.05, 0.1) is 0 Å². The number of aliphatic carboxylic acids is 1. The van der Waals surface area contributed by atoms with Gasteiger partial charge in [-0.2, -0.15) is 0 Å². The third kappa shape index (κ3) is 24.6. The third-order valence-corrected chi connectivity index (χ3v) is 5.23. The van der Waals surface area contributed by atoms with Gasteiger partial charge < -0.3 is 5.11 Å². The van der Waals surface area contributed by atoms with Crippen molar-refractivity contribution in [1.29, 1.82) is 0 Å². The van der Waals surface area contributed by atoms with E-state index in [1.54, 1.807) is 0 Å². The number of unbranched alkanes of at least 4 members (excludes halogenated alkanes) is 19. The Hall–Kier alpha value is -1.41. The number of rotatable bonds is 19. The predicted molar refractivity (Wildman–Crippen MR) is 121 cm³/mol. The Kier molecular flexibility index (Phi) is 22.4. The summed E-state index contributed by atoms with van der Waals surface area (Å²) in [6.07, 6.45) is 27.1. The molecule has 160 valence electrons. The molecule has 2 heteroatoms. The fourth-order valence-corrected chi connectivity index (χ4v) is 3.48. The predicted octanol–water partition coefficient (Wildman–Crippen LogP) is 7.90. The fraction of sp³-hybridized carbons (Fsp3) is 0.808. The lowest BCUT2D eigenvalue weighted by atomic mass is 10.0. The van der Waals surface area contributed by atoms with Crippen LogP contribution in [-0.4, -0.2) is 11.1 Å². The number of hydrogen-bond donors (Lipinski definition) is 1. The Morgan fingerprint density at radius 3 is 1.29 bits per heavy atom. The van der Waals surface area contributed by atoms with Crippen molar-refractivity contribution in [3.8, 4) is 23.7 Å². The lowest BCUT2D eigenvalue weighted by Crippen LogP contribution is -1.85. The van der Waals surface area contributed by atoms with E-state index in [0.717, 1.165) is 12.8 Å². The molecule has 0 aromatic carbocycles. The van der Waals surface area contributed by atoms with E-state index < -0.39 is 5.97 Å². The first-order chi connectivity index (χ1) is 13.8. The molecule has 0 heterocycles. The molecule has 28 heavy (non-hydrogen) atoms. The van der Waals surface area contributed by atoms with Crippen molar-refractivity contribution in [2.24, 2.45) is 0 Å². The van der Waals surface area contributed by atoms with Gasteiger partial charge in [-0.25, -0.2) is 4.79 Å². The zero-order valence-corrected chi connectivity index (χ0v) is 18.5. The van der Waals surface area contributed by atoms with E-state index in [1.165, 1.54) is 116 Å². The van der Waals surface area contributed by atoms with Gasteiger partial charge in [-0.15, -0.1) is 0 Å². The zero-order valence-electron chi connectivity index (χ0n) is 18.5. The molecule has 0 saturated carbocycles. The van der Waals surface area contributed by atoms with Crippen molar-refractivity contribution in [3.63, 3.8) is 0 Å². The first kappa shape index (κ1) is 26.6. The third-order valence-electron chi connectivity index (χ3n) is 5.23. The number of carbonyl (C=O) groups is 1. The standard InChI is InChI=1S/C26H44O2/c1-2-3-4-5-6-7-8-9-10-11-12-13-14-15-16-17-18-19-20-21-22-23-24-25-26(27)28/h2-21H2,1H3,(H,27,28). The molecule has 0 aliphatic carbocycles. The van der Waals surface area contributed by atoms with Gasteiger partial charge in [0, 0.05) is 12.3 Å². The molecule has 1 N–H and O–H groups in total. The van der Waals surface area contributed by atoms with Crippen LogP contribution in [0.2, 0.25) is 0 Å². The molecule has 0 fully saturated rings. The van der Waals surface area contributed by atoms with Crippen molar-refractivity contribution < 1.29 is 9.90 Å². The fourth-order valence-electron chi connectivity index (χ4n) is 3.48. The van der Waals surface area contributed by atoms with E-state index in [1.807, 2.05) is 5.92 Å². The number of carboxylic acids is 1. The first-order valence-electron chi connectivity index (χ1n) is 12.0. The van der Waals surface area contributed by atoms with Gasteiger partial charge in [0.25, 0.3) is 0 Å². The van der Waals surface area contributed by atoms with Crippen LogP contribution >= 0.6 is 0 Å². The van der Waals surface area contributed by atoms with E-state index in [2.05, 4.69) is 24.7 Å². The van der Waals surface area contributed by atoms with Crippen LogP contribution in [0.1, 0.15) is 135 Å². The average Bonchev–Trinajstić information content (AvgIpc) is 2.68. The maximum atomic E-state index is 10.2. The minimum absolute atomic E-state index is 0.827. The van der Waals surface area contributed by atoms with E-state index in [0.29, 0.717) is 0 Å². The van der Waals surface area contributed by atoms with Crippen molar-refractivity contribution in [3.05, 3.63) is 0 Å². The molecule has 0 radical (unpaired) electrons. The molecule has 0 atom stereocenters. The summed E-state index contributed by atoms with van der Waals surface area (Å²) in [6.45, 7) is 2.28. The Morgan fingerprint density at radius 2 is 0.929 bits per heavy atom. The van der Waals surface area contributed by atoms with Crippen LogP contribution in [0, 0.1) is 23.7 Å². The van der Waals surface area contributed by atoms with E-state index in [-0.39, 0.29) is 0 Å². The second kappa shape index (κ2) is 23.6. The van der Waals surface area contributed by atoms with Gasteiger partial charge in [0.1, 0.15) is 0 Å². The molecule has 0 aliphatic heterocycles. The zero-order chi connectivity index (χ0) is 20.5. The van der Waals surface area contributed by atoms with Crippen molar-refractivity contribution in [2.45, 2.75) is 135 Å². The van der Waals surface area contributed by atoms with E-state index in [4.69, 9.17) is 5.11 Å². The van der Waals surface area contributed by atoms with Gasteiger partial charge >= 0.3 is 5.97 Å². The summed E-state index contributed by atoms with van der Waals surface area (Å²) in [5.74, 6) is 8.72. The Morgan fingerprint density at radius 1 is 0.571 bits per heavy atom. The summed E-state index contributed by atoms with van der Waals surface area (Å²) in [7, 11) is 0. The molecular weight excluding hydrogens is 344 g/mol. The summed E-state index contributed by atoms with van der Waals surface area (Å²) in [6, 6.07) is 0. The topological polar surface area (TPSA) is 37.3 Å². The van der Waals surface area contributed by atoms with Gasteiger partial charge in [0.15, 0.2) is 0 Å². The van der Waals surface area contributed by atoms with Crippen LogP contribution < -0.4 is 0 Å². The summed E-state index contributed by atoms with van der Waals surface area (Å²) in [5.41, 5.74) is 0. The maximum Gasteiger partial charge on any atom is 0.382 e. The molecule has 0 aliphatic rings. The molecule has 0 rings (SSSR count). The van der Waals surface area contributed by atoms with Gasteiger partial charge in [0.2, 0.25) is 0 Å². The van der Waals surface area contributed by atoms with Gasteiger partial charge in [-0.05, 0) is 18.3 Å². The van der Waals surface area contributed by atoms with Crippen LogP contribution in [-0.2, 0) is 4.79 Å². The summed E-state index contributed by atoms with van der Waals surface area (Å²) in [4.78, 5) is 10.2. The van der Waals surface area contributed by atoms with E-state index >= 15 is 0 Å². The largest absolute Gasteiger partial charge is 0.472 e. The van der Waals surface area contributed by atoms with Crippen molar-refractivity contribution in [2.75, 3.05) is 0 Å². The smallest absolute Gasteiger partial charge is 0.382 e. The highest BCUT2D eigenvalue weighted by Gasteiger charge is 1.95. The second-order valence-electron chi connectivity index (χ2n) is 7.97. The highest BCUT2D eigenvalue weighted by molar-refractivity contribution is 5.87. The number of carboxylic acid groups (broad SMARTS) is 1. The summed E-state index contributed by atoms with van der Waals surface area (Å²) < 4.78 is 0. The SMILES string of the molecule is CCCCCCCCCCCCCCCCCCCCCC#CC#CC(=O)O. The van der Waals surface area contributed by atoms with Crippen LogP contribution in [0.25, 0.3) is 0 Å². The second-order valence-corrected chi connectivity index (χ2v) is 7.97. The lowest BCUT2D eigenvalue weighted by Gasteiger charge is -2.03. The van der Waals surface area contributed by atoms with Crippen molar-refractivity contribution in [1.82, 2.24) is 0 Å². The quantitative estimate of drug-likeness (QED) is 0.180. The van der Waals surface area contributed by atoms with Crippen LogP contribution in [0.15, 0.2) is 0 Å². The molecule has 0 saturated heterocycles. The molecular formula is C26H44O2.